The molecule has 6 heteroatoms. The van der Waals surface area contributed by atoms with Gasteiger partial charge in [0.2, 0.25) is 6.79 Å². The van der Waals surface area contributed by atoms with Gasteiger partial charge in [-0.2, -0.15) is 0 Å². The van der Waals surface area contributed by atoms with E-state index in [-0.39, 0.29) is 28.9 Å². The zero-order valence-corrected chi connectivity index (χ0v) is 7.54. The molecule has 0 aromatic heterocycles. The van der Waals surface area contributed by atoms with E-state index >= 15 is 0 Å². The monoisotopic (exact) mass is 216 g/mol. The zero-order valence-electron chi connectivity index (χ0n) is 6.78. The van der Waals surface area contributed by atoms with Gasteiger partial charge in [-0.1, -0.05) is 11.6 Å². The van der Waals surface area contributed by atoms with Crippen LogP contribution in [0.1, 0.15) is 10.4 Å². The van der Waals surface area contributed by atoms with E-state index < -0.39 is 11.7 Å². The highest BCUT2D eigenvalue weighted by Gasteiger charge is 2.27. The molecule has 2 rings (SSSR count). The lowest BCUT2D eigenvalue weighted by Crippen LogP contribution is -2.00. The first-order valence-corrected chi connectivity index (χ1v) is 4.03. The quantitative estimate of drug-likeness (QED) is 0.744. The van der Waals surface area contributed by atoms with Crippen molar-refractivity contribution in [3.05, 3.63) is 16.7 Å². The van der Waals surface area contributed by atoms with E-state index in [2.05, 4.69) is 0 Å². The maximum atomic E-state index is 10.8. The number of aromatic carboxylic acids is 1. The van der Waals surface area contributed by atoms with Crippen LogP contribution >= 0.6 is 11.6 Å². The van der Waals surface area contributed by atoms with Crippen molar-refractivity contribution in [2.24, 2.45) is 0 Å². The van der Waals surface area contributed by atoms with Crippen LogP contribution in [0.25, 0.3) is 0 Å². The molecule has 1 aliphatic heterocycles. The predicted molar refractivity (Wildman–Crippen MR) is 46.2 cm³/mol. The van der Waals surface area contributed by atoms with E-state index in [1.54, 1.807) is 0 Å². The van der Waals surface area contributed by atoms with Crippen LogP contribution in [0.5, 0.6) is 17.2 Å². The van der Waals surface area contributed by atoms with Gasteiger partial charge in [-0.15, -0.1) is 0 Å². The number of benzene rings is 1. The normalized spacial score (nSPS) is 12.9. The summed E-state index contributed by atoms with van der Waals surface area (Å²) in [6, 6.07) is 1.31. The molecule has 2 N–H and O–H groups in total. The SMILES string of the molecule is O=C(O)c1c(O)c(Cl)cc2c1OCO2. The van der Waals surface area contributed by atoms with Crippen LogP contribution in [0.3, 0.4) is 0 Å². The fourth-order valence-corrected chi connectivity index (χ4v) is 1.39. The lowest BCUT2D eigenvalue weighted by Gasteiger charge is -2.05. The Morgan fingerprint density at radius 2 is 2.21 bits per heavy atom. The van der Waals surface area contributed by atoms with Crippen molar-refractivity contribution in [1.82, 2.24) is 0 Å². The summed E-state index contributed by atoms with van der Waals surface area (Å²) in [7, 11) is 0. The minimum Gasteiger partial charge on any atom is -0.505 e. The number of ether oxygens (including phenoxy) is 2. The van der Waals surface area contributed by atoms with E-state index in [1.165, 1.54) is 6.07 Å². The largest absolute Gasteiger partial charge is 0.505 e. The molecule has 0 bridgehead atoms. The molecule has 0 saturated heterocycles. The van der Waals surface area contributed by atoms with Crippen molar-refractivity contribution < 1.29 is 24.5 Å². The predicted octanol–water partition coefficient (Wildman–Crippen LogP) is 1.47. The second kappa shape index (κ2) is 2.95. The second-order valence-corrected chi connectivity index (χ2v) is 3.03. The maximum absolute atomic E-state index is 10.8. The summed E-state index contributed by atoms with van der Waals surface area (Å²) in [6.45, 7) is -0.0740. The molecule has 0 spiro atoms. The highest BCUT2D eigenvalue weighted by molar-refractivity contribution is 6.33. The van der Waals surface area contributed by atoms with Gasteiger partial charge in [0.15, 0.2) is 17.2 Å². The van der Waals surface area contributed by atoms with Crippen LogP contribution in [-0.4, -0.2) is 23.0 Å². The fraction of sp³-hybridized carbons (Fsp3) is 0.125. The van der Waals surface area contributed by atoms with Crippen LogP contribution in [0, 0.1) is 0 Å². The molecule has 5 nitrogen and oxygen atoms in total. The summed E-state index contributed by atoms with van der Waals surface area (Å²) in [5.74, 6) is -1.58. The molecular formula is C8H5ClO5. The van der Waals surface area contributed by atoms with Gasteiger partial charge in [0, 0.05) is 6.07 Å². The standard InChI is InChI=1S/C8H5ClO5/c9-3-1-4-7(14-2-13-4)5(6(3)10)8(11)12/h1,10H,2H2,(H,11,12). The third-order valence-corrected chi connectivity index (χ3v) is 2.09. The van der Waals surface area contributed by atoms with Gasteiger partial charge in [0.05, 0.1) is 5.02 Å². The second-order valence-electron chi connectivity index (χ2n) is 2.62. The first-order chi connectivity index (χ1) is 6.61. The molecule has 0 amide bonds. The van der Waals surface area contributed by atoms with Crippen LogP contribution in [0.2, 0.25) is 5.02 Å². The highest BCUT2D eigenvalue weighted by Crippen LogP contribution is 2.44. The number of fused-ring (bicyclic) bond motifs is 1. The molecule has 0 unspecified atom stereocenters. The number of carboxylic acid groups (broad SMARTS) is 1. The van der Waals surface area contributed by atoms with Crippen molar-refractivity contribution in [3.8, 4) is 17.2 Å². The van der Waals surface area contributed by atoms with Crippen LogP contribution in [0.15, 0.2) is 6.07 Å². The molecule has 1 aromatic carbocycles. The molecule has 1 heterocycles. The molecule has 0 fully saturated rings. The average molecular weight is 217 g/mol. The Morgan fingerprint density at radius 3 is 2.86 bits per heavy atom. The van der Waals surface area contributed by atoms with Crippen molar-refractivity contribution in [1.29, 1.82) is 0 Å². The molecule has 0 aliphatic carbocycles. The minimum atomic E-state index is -1.31. The van der Waals surface area contributed by atoms with Crippen molar-refractivity contribution in [3.63, 3.8) is 0 Å². The molecule has 0 radical (unpaired) electrons. The number of halogens is 1. The fourth-order valence-electron chi connectivity index (χ4n) is 1.20. The Hall–Kier alpha value is -1.62. The summed E-state index contributed by atoms with van der Waals surface area (Å²) < 4.78 is 9.85. The first-order valence-electron chi connectivity index (χ1n) is 3.65. The molecular weight excluding hydrogens is 212 g/mol. The molecule has 1 aliphatic rings. The smallest absolute Gasteiger partial charge is 0.343 e. The van der Waals surface area contributed by atoms with Crippen LogP contribution < -0.4 is 9.47 Å². The number of hydrogen-bond donors (Lipinski definition) is 2. The third-order valence-electron chi connectivity index (χ3n) is 1.80. The molecule has 14 heavy (non-hydrogen) atoms. The van der Waals surface area contributed by atoms with Gasteiger partial charge in [-0.25, -0.2) is 4.79 Å². The van der Waals surface area contributed by atoms with E-state index in [0.29, 0.717) is 0 Å². The molecule has 0 atom stereocenters. The maximum Gasteiger partial charge on any atom is 0.343 e. The van der Waals surface area contributed by atoms with Crippen molar-refractivity contribution in [2.75, 3.05) is 6.79 Å². The van der Waals surface area contributed by atoms with E-state index in [1.807, 2.05) is 0 Å². The van der Waals surface area contributed by atoms with Gasteiger partial charge in [0.1, 0.15) is 5.56 Å². The molecule has 1 aromatic rings. The molecule has 74 valence electrons. The minimum absolute atomic E-state index is 0.0133. The Bertz CT molecular complexity index is 415. The van der Waals surface area contributed by atoms with E-state index in [4.69, 9.17) is 26.2 Å². The van der Waals surface area contributed by atoms with Gasteiger partial charge < -0.3 is 19.7 Å². The van der Waals surface area contributed by atoms with Crippen molar-refractivity contribution >= 4 is 17.6 Å². The first kappa shape index (κ1) is 8.96. The number of carboxylic acids is 1. The number of phenols is 1. The Labute approximate surface area is 83.4 Å². The summed E-state index contributed by atoms with van der Waals surface area (Å²) in [4.78, 5) is 10.8. The Balaban J connectivity index is 2.72. The van der Waals surface area contributed by atoms with E-state index in [0.717, 1.165) is 0 Å². The van der Waals surface area contributed by atoms with Gasteiger partial charge in [0.25, 0.3) is 0 Å². The Kier molecular flexibility index (Phi) is 1.89. The van der Waals surface area contributed by atoms with Gasteiger partial charge >= 0.3 is 5.97 Å². The van der Waals surface area contributed by atoms with Gasteiger partial charge in [-0.05, 0) is 0 Å². The summed E-state index contributed by atoms with van der Waals surface area (Å²) in [5.41, 5.74) is -0.370. The zero-order chi connectivity index (χ0) is 10.3. The summed E-state index contributed by atoms with van der Waals surface area (Å²) in [5, 5.41) is 18.1. The van der Waals surface area contributed by atoms with Crippen LogP contribution in [0.4, 0.5) is 0 Å². The molecule has 0 saturated carbocycles. The van der Waals surface area contributed by atoms with Crippen molar-refractivity contribution in [2.45, 2.75) is 0 Å². The summed E-state index contributed by atoms with van der Waals surface area (Å²) >= 11 is 5.59. The third kappa shape index (κ3) is 1.13. The Morgan fingerprint density at radius 1 is 1.50 bits per heavy atom. The lowest BCUT2D eigenvalue weighted by molar-refractivity contribution is 0.0689. The van der Waals surface area contributed by atoms with Gasteiger partial charge in [-0.3, -0.25) is 0 Å². The van der Waals surface area contributed by atoms with Crippen LogP contribution in [-0.2, 0) is 0 Å². The average Bonchev–Trinajstić information content (AvgIpc) is 2.52. The number of rotatable bonds is 1. The number of aromatic hydroxyl groups is 1. The highest BCUT2D eigenvalue weighted by atomic mass is 35.5. The van der Waals surface area contributed by atoms with E-state index in [9.17, 15) is 9.90 Å². The topological polar surface area (TPSA) is 76.0 Å². The number of carbonyl (C=O) groups is 1. The number of hydrogen-bond acceptors (Lipinski definition) is 4. The lowest BCUT2D eigenvalue weighted by atomic mass is 10.1. The summed E-state index contributed by atoms with van der Waals surface area (Å²) in [6.07, 6.45) is 0.